The van der Waals surface area contributed by atoms with E-state index in [4.69, 9.17) is 9.47 Å². The minimum atomic E-state index is -0.630. The second kappa shape index (κ2) is 11.1. The molecule has 1 fully saturated rings. The van der Waals surface area contributed by atoms with E-state index in [1.54, 1.807) is 35.2 Å². The summed E-state index contributed by atoms with van der Waals surface area (Å²) in [7, 11) is 0. The van der Waals surface area contributed by atoms with Crippen LogP contribution in [0.3, 0.4) is 0 Å². The van der Waals surface area contributed by atoms with Crippen LogP contribution < -0.4 is 15.0 Å². The zero-order valence-corrected chi connectivity index (χ0v) is 22.5. The first-order chi connectivity index (χ1) is 18.0. The second-order valence-electron chi connectivity index (χ2n) is 10.7. The number of hydrogen-bond donors (Lipinski definition) is 1. The smallest absolute Gasteiger partial charge is 0.311 e. The third-order valence-corrected chi connectivity index (χ3v) is 6.70. The minimum absolute atomic E-state index is 0.0377. The molecule has 3 aromatic rings. The van der Waals surface area contributed by atoms with Gasteiger partial charge in [0, 0.05) is 24.3 Å². The fourth-order valence-electron chi connectivity index (χ4n) is 4.24. The van der Waals surface area contributed by atoms with Gasteiger partial charge in [-0.25, -0.2) is 0 Å². The molecule has 0 aliphatic carbocycles. The van der Waals surface area contributed by atoms with Gasteiger partial charge in [0.1, 0.15) is 11.5 Å². The summed E-state index contributed by atoms with van der Waals surface area (Å²) >= 11 is 0. The number of nitrogens with one attached hydrogen (secondary N) is 1. The number of hydrogen-bond acceptors (Lipinski definition) is 5. The number of carbonyl (C=O) groups is 3. The van der Waals surface area contributed by atoms with Crippen molar-refractivity contribution in [1.29, 1.82) is 0 Å². The molecule has 0 spiro atoms. The molecule has 0 saturated carbocycles. The average Bonchev–Trinajstić information content (AvgIpc) is 3.27. The van der Waals surface area contributed by atoms with Gasteiger partial charge in [0.05, 0.1) is 5.92 Å². The van der Waals surface area contributed by atoms with Gasteiger partial charge >= 0.3 is 5.97 Å². The highest BCUT2D eigenvalue weighted by molar-refractivity contribution is 6.00. The Kier molecular flexibility index (Phi) is 7.86. The van der Waals surface area contributed by atoms with Crippen LogP contribution in [0.2, 0.25) is 0 Å². The van der Waals surface area contributed by atoms with Crippen molar-refractivity contribution in [2.24, 2.45) is 5.92 Å². The van der Waals surface area contributed by atoms with E-state index in [1.165, 1.54) is 5.56 Å². The van der Waals surface area contributed by atoms with Crippen molar-refractivity contribution >= 4 is 29.2 Å². The van der Waals surface area contributed by atoms with Crippen molar-refractivity contribution in [3.8, 4) is 11.5 Å². The average molecular weight is 515 g/mol. The lowest BCUT2D eigenvalue weighted by atomic mass is 9.87. The minimum Gasteiger partial charge on any atom is -0.457 e. The van der Waals surface area contributed by atoms with Crippen LogP contribution in [0.4, 0.5) is 11.4 Å². The molecule has 7 nitrogen and oxygen atoms in total. The van der Waals surface area contributed by atoms with Gasteiger partial charge in [-0.3, -0.25) is 14.4 Å². The summed E-state index contributed by atoms with van der Waals surface area (Å²) in [5.74, 6) is -0.407. The predicted molar refractivity (Wildman–Crippen MR) is 148 cm³/mol. The maximum Gasteiger partial charge on any atom is 0.311 e. The largest absolute Gasteiger partial charge is 0.457 e. The maximum absolute atomic E-state index is 12.6. The molecule has 1 atom stereocenters. The van der Waals surface area contributed by atoms with Gasteiger partial charge in [-0.1, -0.05) is 39.0 Å². The summed E-state index contributed by atoms with van der Waals surface area (Å²) in [6.07, 6.45) is 0.0377. The number of amides is 2. The molecule has 3 aromatic carbocycles. The normalized spacial score (nSPS) is 15.3. The highest BCUT2D eigenvalue weighted by Crippen LogP contribution is 2.30. The fourth-order valence-corrected chi connectivity index (χ4v) is 4.24. The van der Waals surface area contributed by atoms with Gasteiger partial charge in [-0.05, 0) is 84.5 Å². The molecule has 0 unspecified atom stereocenters. The highest BCUT2D eigenvalue weighted by atomic mass is 16.5. The van der Waals surface area contributed by atoms with E-state index in [-0.39, 0.29) is 24.3 Å². The number of esters is 1. The highest BCUT2D eigenvalue weighted by Gasteiger charge is 2.36. The van der Waals surface area contributed by atoms with Crippen molar-refractivity contribution in [3.63, 3.8) is 0 Å². The molecule has 198 valence electrons. The van der Waals surface area contributed by atoms with Crippen molar-refractivity contribution in [3.05, 3.63) is 83.4 Å². The quantitative estimate of drug-likeness (QED) is 0.395. The topological polar surface area (TPSA) is 84.9 Å². The summed E-state index contributed by atoms with van der Waals surface area (Å²) in [6.45, 7) is 10.2. The molecular weight excluding hydrogens is 480 g/mol. The Morgan fingerprint density at radius 3 is 2.16 bits per heavy atom. The molecular formula is C31H34N2O5. The first kappa shape index (κ1) is 26.9. The third kappa shape index (κ3) is 6.59. The van der Waals surface area contributed by atoms with Crippen LogP contribution in [0.15, 0.2) is 66.7 Å². The Bertz CT molecular complexity index is 1320. The Morgan fingerprint density at radius 2 is 1.55 bits per heavy atom. The molecule has 0 aromatic heterocycles. The van der Waals surface area contributed by atoms with Crippen LogP contribution in [-0.4, -0.2) is 30.9 Å². The van der Waals surface area contributed by atoms with E-state index in [0.717, 1.165) is 16.9 Å². The lowest BCUT2D eigenvalue weighted by molar-refractivity contribution is -0.151. The summed E-state index contributed by atoms with van der Waals surface area (Å²) in [6, 6.07) is 20.7. The molecule has 1 N–H and O–H groups in total. The van der Waals surface area contributed by atoms with Crippen LogP contribution in [0.5, 0.6) is 11.5 Å². The van der Waals surface area contributed by atoms with E-state index in [9.17, 15) is 14.4 Å². The van der Waals surface area contributed by atoms with E-state index >= 15 is 0 Å². The second-order valence-corrected chi connectivity index (χ2v) is 10.7. The van der Waals surface area contributed by atoms with Gasteiger partial charge < -0.3 is 19.7 Å². The fraction of sp³-hybridized carbons (Fsp3) is 0.323. The van der Waals surface area contributed by atoms with E-state index < -0.39 is 24.4 Å². The number of nitrogens with zero attached hydrogens (tertiary/aromatic N) is 1. The summed E-state index contributed by atoms with van der Waals surface area (Å²) in [4.78, 5) is 39.0. The van der Waals surface area contributed by atoms with Crippen LogP contribution in [0.25, 0.3) is 0 Å². The van der Waals surface area contributed by atoms with E-state index in [0.29, 0.717) is 17.1 Å². The third-order valence-electron chi connectivity index (χ3n) is 6.70. The first-order valence-electron chi connectivity index (χ1n) is 12.7. The summed E-state index contributed by atoms with van der Waals surface area (Å²) < 4.78 is 11.2. The lowest BCUT2D eigenvalue weighted by Crippen LogP contribution is -2.28. The van der Waals surface area contributed by atoms with Gasteiger partial charge in [-0.15, -0.1) is 0 Å². The molecule has 7 heteroatoms. The summed E-state index contributed by atoms with van der Waals surface area (Å²) in [5, 5.41) is 2.73. The molecule has 1 aliphatic heterocycles. The molecule has 1 saturated heterocycles. The Balaban J connectivity index is 1.29. The van der Waals surface area contributed by atoms with Crippen LogP contribution in [0.1, 0.15) is 43.9 Å². The van der Waals surface area contributed by atoms with Crippen molar-refractivity contribution in [1.82, 2.24) is 0 Å². The van der Waals surface area contributed by atoms with Crippen LogP contribution >= 0.6 is 0 Å². The number of benzene rings is 3. The van der Waals surface area contributed by atoms with Gasteiger partial charge in [0.25, 0.3) is 5.91 Å². The van der Waals surface area contributed by atoms with Crippen LogP contribution in [0, 0.1) is 19.8 Å². The Morgan fingerprint density at radius 1 is 0.921 bits per heavy atom. The zero-order chi connectivity index (χ0) is 27.4. The molecule has 1 aliphatic rings. The molecule has 0 bridgehead atoms. The molecule has 38 heavy (non-hydrogen) atoms. The van der Waals surface area contributed by atoms with Gasteiger partial charge in [0.2, 0.25) is 5.91 Å². The molecule has 4 rings (SSSR count). The van der Waals surface area contributed by atoms with E-state index in [1.807, 2.05) is 38.1 Å². The van der Waals surface area contributed by atoms with E-state index in [2.05, 4.69) is 38.2 Å². The Hall–Kier alpha value is -4.13. The number of anilines is 2. The monoisotopic (exact) mass is 514 g/mol. The van der Waals surface area contributed by atoms with Gasteiger partial charge in [0.15, 0.2) is 6.61 Å². The number of ether oxygens (including phenoxy) is 2. The van der Waals surface area contributed by atoms with Crippen molar-refractivity contribution in [2.45, 2.75) is 46.5 Å². The SMILES string of the molecule is Cc1ccc(NC(=O)COC(=O)[C@@H]2CC(=O)N(c3ccc(Oc4ccc(C(C)(C)C)cc4)cc3)C2)cc1C. The standard InChI is InChI=1S/C31H34N2O5/c1-20-6-9-24(16-21(20)2)32-28(34)19-37-30(36)22-17-29(35)33(18-22)25-10-14-27(15-11-25)38-26-12-7-23(8-13-26)31(3,4)5/h6-16,22H,17-19H2,1-5H3,(H,32,34)/t22-/m1/s1. The molecule has 2 amide bonds. The van der Waals surface area contributed by atoms with Gasteiger partial charge in [-0.2, -0.15) is 0 Å². The first-order valence-corrected chi connectivity index (χ1v) is 12.7. The van der Waals surface area contributed by atoms with Crippen molar-refractivity contribution in [2.75, 3.05) is 23.4 Å². The number of carbonyl (C=O) groups excluding carboxylic acids is 3. The number of rotatable bonds is 7. The Labute approximate surface area is 223 Å². The van der Waals surface area contributed by atoms with Crippen molar-refractivity contribution < 1.29 is 23.9 Å². The molecule has 1 heterocycles. The predicted octanol–water partition coefficient (Wildman–Crippen LogP) is 5.93. The summed E-state index contributed by atoms with van der Waals surface area (Å²) in [5.41, 5.74) is 4.79. The maximum atomic E-state index is 12.6. The lowest BCUT2D eigenvalue weighted by Gasteiger charge is -2.19. The number of aryl methyl sites for hydroxylation is 2. The van der Waals surface area contributed by atoms with Crippen LogP contribution in [-0.2, 0) is 24.5 Å². The molecule has 0 radical (unpaired) electrons. The zero-order valence-electron chi connectivity index (χ0n) is 22.5.